The van der Waals surface area contributed by atoms with Crippen LogP contribution in [0.1, 0.15) is 12.0 Å². The van der Waals surface area contributed by atoms with Gasteiger partial charge >= 0.3 is 0 Å². The molecule has 1 aromatic rings. The van der Waals surface area contributed by atoms with Crippen molar-refractivity contribution in [3.63, 3.8) is 0 Å². The molecule has 18 heavy (non-hydrogen) atoms. The Kier molecular flexibility index (Phi) is 4.45. The maximum absolute atomic E-state index is 11.5. The van der Waals surface area contributed by atoms with Crippen molar-refractivity contribution in [3.8, 4) is 0 Å². The summed E-state index contributed by atoms with van der Waals surface area (Å²) in [6, 6.07) is 8.15. The van der Waals surface area contributed by atoms with E-state index in [0.717, 1.165) is 17.3 Å². The monoisotopic (exact) mass is 331 g/mol. The zero-order chi connectivity index (χ0) is 13.2. The predicted octanol–water partition coefficient (Wildman–Crippen LogP) is 2.00. The third-order valence-electron chi connectivity index (χ3n) is 3.65. The smallest absolute Gasteiger partial charge is 0.150 e. The summed E-state index contributed by atoms with van der Waals surface area (Å²) >= 11 is 3.41. The molecule has 0 amide bonds. The van der Waals surface area contributed by atoms with Crippen molar-refractivity contribution < 1.29 is 8.42 Å². The van der Waals surface area contributed by atoms with Crippen LogP contribution >= 0.6 is 15.9 Å². The fourth-order valence-corrected chi connectivity index (χ4v) is 4.75. The lowest BCUT2D eigenvalue weighted by Crippen LogP contribution is -2.26. The van der Waals surface area contributed by atoms with Crippen molar-refractivity contribution in [2.24, 2.45) is 17.6 Å². The first kappa shape index (κ1) is 14.0. The van der Waals surface area contributed by atoms with Gasteiger partial charge in [-0.1, -0.05) is 28.1 Å². The fourth-order valence-electron chi connectivity index (χ4n) is 2.56. The number of sulfone groups is 1. The maximum atomic E-state index is 11.5. The molecule has 1 aliphatic rings. The summed E-state index contributed by atoms with van der Waals surface area (Å²) in [5.41, 5.74) is 7.04. The molecule has 1 saturated heterocycles. The average molecular weight is 332 g/mol. The maximum Gasteiger partial charge on any atom is 0.150 e. The fraction of sp³-hybridized carbons (Fsp3) is 0.538. The van der Waals surface area contributed by atoms with Gasteiger partial charge in [0, 0.05) is 4.47 Å². The lowest BCUT2D eigenvalue weighted by Gasteiger charge is -2.20. The lowest BCUT2D eigenvalue weighted by molar-refractivity contribution is 0.370. The first-order chi connectivity index (χ1) is 8.50. The van der Waals surface area contributed by atoms with E-state index in [1.807, 2.05) is 12.1 Å². The topological polar surface area (TPSA) is 60.2 Å². The van der Waals surface area contributed by atoms with Gasteiger partial charge < -0.3 is 5.73 Å². The molecule has 0 aliphatic carbocycles. The van der Waals surface area contributed by atoms with Crippen molar-refractivity contribution in [2.75, 3.05) is 18.1 Å². The van der Waals surface area contributed by atoms with Gasteiger partial charge in [-0.3, -0.25) is 0 Å². The van der Waals surface area contributed by atoms with Crippen LogP contribution in [0.2, 0.25) is 0 Å². The third-order valence-corrected chi connectivity index (χ3v) is 5.97. The molecule has 2 N–H and O–H groups in total. The molecule has 1 aliphatic heterocycles. The Labute approximate surface area is 117 Å². The molecule has 100 valence electrons. The largest absolute Gasteiger partial charge is 0.330 e. The van der Waals surface area contributed by atoms with E-state index in [-0.39, 0.29) is 11.8 Å². The van der Waals surface area contributed by atoms with Gasteiger partial charge in [-0.15, -0.1) is 0 Å². The molecule has 0 aromatic heterocycles. The predicted molar refractivity (Wildman–Crippen MR) is 77.2 cm³/mol. The van der Waals surface area contributed by atoms with E-state index in [1.165, 1.54) is 5.56 Å². The van der Waals surface area contributed by atoms with Crippen molar-refractivity contribution in [1.82, 2.24) is 0 Å². The van der Waals surface area contributed by atoms with Gasteiger partial charge in [0.2, 0.25) is 0 Å². The SMILES string of the molecule is NCC(Cc1ccc(Br)cc1)C1CCS(=O)(=O)C1. The van der Waals surface area contributed by atoms with Gasteiger partial charge in [0.05, 0.1) is 11.5 Å². The van der Waals surface area contributed by atoms with Crippen LogP contribution in [0.15, 0.2) is 28.7 Å². The zero-order valence-electron chi connectivity index (χ0n) is 10.2. The molecular formula is C13H18BrNO2S. The van der Waals surface area contributed by atoms with Crippen molar-refractivity contribution in [1.29, 1.82) is 0 Å². The average Bonchev–Trinajstić information content (AvgIpc) is 2.69. The summed E-state index contributed by atoms with van der Waals surface area (Å²) in [5.74, 6) is 1.13. The minimum Gasteiger partial charge on any atom is -0.330 e. The summed E-state index contributed by atoms with van der Waals surface area (Å²) in [5, 5.41) is 0. The molecule has 0 saturated carbocycles. The second kappa shape index (κ2) is 5.72. The van der Waals surface area contributed by atoms with Crippen LogP contribution in [0.4, 0.5) is 0 Å². The number of nitrogens with two attached hydrogens (primary N) is 1. The Bertz CT molecular complexity index is 498. The Morgan fingerprint density at radius 1 is 1.33 bits per heavy atom. The van der Waals surface area contributed by atoms with Gasteiger partial charge in [-0.2, -0.15) is 0 Å². The minimum atomic E-state index is -2.81. The van der Waals surface area contributed by atoms with Gasteiger partial charge in [-0.05, 0) is 48.9 Å². The van der Waals surface area contributed by atoms with Crippen LogP contribution in [0.3, 0.4) is 0 Å². The third kappa shape index (κ3) is 3.56. The van der Waals surface area contributed by atoms with Crippen molar-refractivity contribution in [3.05, 3.63) is 34.3 Å². The standard InChI is InChI=1S/C13H18BrNO2S/c14-13-3-1-10(2-4-13)7-12(8-15)11-5-6-18(16,17)9-11/h1-4,11-12H,5-9,15H2. The summed E-state index contributed by atoms with van der Waals surface area (Å²) in [6.07, 6.45) is 1.63. The summed E-state index contributed by atoms with van der Waals surface area (Å²) < 4.78 is 24.1. The van der Waals surface area contributed by atoms with E-state index in [0.29, 0.717) is 18.1 Å². The molecule has 1 heterocycles. The van der Waals surface area contributed by atoms with Gasteiger partial charge in [0.25, 0.3) is 0 Å². The molecule has 1 aromatic carbocycles. The molecule has 1 fully saturated rings. The van der Waals surface area contributed by atoms with Gasteiger partial charge in [0.15, 0.2) is 9.84 Å². The highest BCUT2D eigenvalue weighted by molar-refractivity contribution is 9.10. The second-order valence-corrected chi connectivity index (χ2v) is 8.13. The van der Waals surface area contributed by atoms with Crippen molar-refractivity contribution >= 4 is 25.8 Å². The van der Waals surface area contributed by atoms with E-state index < -0.39 is 9.84 Å². The first-order valence-electron chi connectivity index (χ1n) is 6.15. The quantitative estimate of drug-likeness (QED) is 0.917. The normalized spacial score (nSPS) is 24.0. The molecule has 0 spiro atoms. The van der Waals surface area contributed by atoms with Crippen LogP contribution in [0.25, 0.3) is 0 Å². The van der Waals surface area contributed by atoms with E-state index in [9.17, 15) is 8.42 Å². The highest BCUT2D eigenvalue weighted by Gasteiger charge is 2.32. The summed E-state index contributed by atoms with van der Waals surface area (Å²) in [4.78, 5) is 0. The van der Waals surface area contributed by atoms with Crippen LogP contribution < -0.4 is 5.73 Å². The number of rotatable bonds is 4. The lowest BCUT2D eigenvalue weighted by atomic mass is 9.86. The minimum absolute atomic E-state index is 0.226. The Hall–Kier alpha value is -0.390. The number of benzene rings is 1. The van der Waals surface area contributed by atoms with E-state index in [1.54, 1.807) is 0 Å². The summed E-state index contributed by atoms with van der Waals surface area (Å²) in [6.45, 7) is 0.552. The van der Waals surface area contributed by atoms with E-state index in [2.05, 4.69) is 28.1 Å². The highest BCUT2D eigenvalue weighted by atomic mass is 79.9. The molecular weight excluding hydrogens is 314 g/mol. The molecule has 3 nitrogen and oxygen atoms in total. The van der Waals surface area contributed by atoms with Crippen LogP contribution in [0.5, 0.6) is 0 Å². The molecule has 2 rings (SSSR count). The Morgan fingerprint density at radius 2 is 2.00 bits per heavy atom. The molecule has 0 radical (unpaired) electrons. The van der Waals surface area contributed by atoms with Crippen LogP contribution in [-0.4, -0.2) is 26.5 Å². The van der Waals surface area contributed by atoms with Crippen LogP contribution in [-0.2, 0) is 16.3 Å². The zero-order valence-corrected chi connectivity index (χ0v) is 12.6. The van der Waals surface area contributed by atoms with Gasteiger partial charge in [-0.25, -0.2) is 8.42 Å². The second-order valence-electron chi connectivity index (χ2n) is 4.99. The molecule has 5 heteroatoms. The molecule has 2 atom stereocenters. The highest BCUT2D eigenvalue weighted by Crippen LogP contribution is 2.28. The number of hydrogen-bond acceptors (Lipinski definition) is 3. The Morgan fingerprint density at radius 3 is 2.50 bits per heavy atom. The number of hydrogen-bond donors (Lipinski definition) is 1. The molecule has 0 bridgehead atoms. The van der Waals surface area contributed by atoms with Crippen molar-refractivity contribution in [2.45, 2.75) is 12.8 Å². The summed E-state index contributed by atoms with van der Waals surface area (Å²) in [7, 11) is -2.81. The first-order valence-corrected chi connectivity index (χ1v) is 8.76. The van der Waals surface area contributed by atoms with E-state index >= 15 is 0 Å². The number of halogens is 1. The van der Waals surface area contributed by atoms with E-state index in [4.69, 9.17) is 5.73 Å². The molecule has 2 unspecified atom stereocenters. The van der Waals surface area contributed by atoms with Crippen LogP contribution in [0, 0.1) is 11.8 Å². The van der Waals surface area contributed by atoms with Gasteiger partial charge in [0.1, 0.15) is 0 Å². The Balaban J connectivity index is 2.04.